The number of nitrogens with zero attached hydrogens (tertiary/aromatic N) is 3. The molecule has 2 rings (SSSR count). The van der Waals surface area contributed by atoms with Gasteiger partial charge in [0.15, 0.2) is 0 Å². The van der Waals surface area contributed by atoms with Gasteiger partial charge in [-0.3, -0.25) is 0 Å². The fourth-order valence-electron chi connectivity index (χ4n) is 2.20. The average Bonchev–Trinajstić information content (AvgIpc) is 2.54. The van der Waals surface area contributed by atoms with Crippen LogP contribution in [-0.2, 0) is 0 Å². The smallest absolute Gasteiger partial charge is 0.143 e. The van der Waals surface area contributed by atoms with Crippen LogP contribution < -0.4 is 15.0 Å². The number of para-hydroxylation sites is 2. The zero-order valence-electron chi connectivity index (χ0n) is 14.4. The highest BCUT2D eigenvalue weighted by Gasteiger charge is 2.08. The van der Waals surface area contributed by atoms with Crippen LogP contribution in [0.5, 0.6) is 5.75 Å². The minimum absolute atomic E-state index is 0.124. The van der Waals surface area contributed by atoms with Crippen LogP contribution in [0, 0.1) is 0 Å². The van der Waals surface area contributed by atoms with Crippen LogP contribution in [0.15, 0.2) is 36.7 Å². The second kappa shape index (κ2) is 8.36. The van der Waals surface area contributed by atoms with Gasteiger partial charge in [-0.15, -0.1) is 0 Å². The molecule has 0 unspecified atom stereocenters. The van der Waals surface area contributed by atoms with E-state index in [0.29, 0.717) is 0 Å². The molecular formula is C18H26N4O. The maximum atomic E-state index is 5.83. The molecule has 0 amide bonds. The van der Waals surface area contributed by atoms with Gasteiger partial charge in [-0.05, 0) is 32.4 Å². The van der Waals surface area contributed by atoms with Crippen molar-refractivity contribution in [3.8, 4) is 5.75 Å². The highest BCUT2D eigenvalue weighted by atomic mass is 16.5. The van der Waals surface area contributed by atoms with Crippen LogP contribution in [0.25, 0.3) is 0 Å². The summed E-state index contributed by atoms with van der Waals surface area (Å²) in [5.41, 5.74) is 0.905. The molecule has 0 saturated carbocycles. The lowest BCUT2D eigenvalue weighted by Crippen LogP contribution is -2.19. The van der Waals surface area contributed by atoms with E-state index in [-0.39, 0.29) is 6.10 Å². The van der Waals surface area contributed by atoms with Crippen molar-refractivity contribution in [1.29, 1.82) is 0 Å². The summed E-state index contributed by atoms with van der Waals surface area (Å²) in [4.78, 5) is 10.8. The molecule has 0 saturated heterocycles. The Morgan fingerprint density at radius 2 is 2.00 bits per heavy atom. The summed E-state index contributed by atoms with van der Waals surface area (Å²) >= 11 is 0. The molecule has 1 aromatic carbocycles. The third-order valence-corrected chi connectivity index (χ3v) is 3.40. The van der Waals surface area contributed by atoms with E-state index in [1.807, 2.05) is 44.2 Å². The predicted molar refractivity (Wildman–Crippen MR) is 95.7 cm³/mol. The molecule has 0 fully saturated rings. The van der Waals surface area contributed by atoms with Crippen molar-refractivity contribution in [3.63, 3.8) is 0 Å². The van der Waals surface area contributed by atoms with E-state index in [2.05, 4.69) is 34.2 Å². The first kappa shape index (κ1) is 17.1. The Balaban J connectivity index is 2.14. The van der Waals surface area contributed by atoms with Gasteiger partial charge in [0.25, 0.3) is 0 Å². The van der Waals surface area contributed by atoms with Gasteiger partial charge >= 0.3 is 0 Å². The number of aromatic nitrogens is 2. The molecule has 2 aromatic rings. The summed E-state index contributed by atoms with van der Waals surface area (Å²) in [5, 5.41) is 3.33. The number of unbranched alkanes of at least 4 members (excludes halogenated alkanes) is 1. The minimum Gasteiger partial charge on any atom is -0.489 e. The molecule has 1 aromatic heterocycles. The van der Waals surface area contributed by atoms with Crippen LogP contribution in [0.4, 0.5) is 17.3 Å². The third kappa shape index (κ3) is 5.13. The lowest BCUT2D eigenvalue weighted by Gasteiger charge is -2.19. The first-order valence-electron chi connectivity index (χ1n) is 8.16. The Bertz CT molecular complexity index is 615. The Morgan fingerprint density at radius 3 is 2.74 bits per heavy atom. The van der Waals surface area contributed by atoms with Crippen molar-refractivity contribution in [2.45, 2.75) is 39.7 Å². The van der Waals surface area contributed by atoms with Crippen LogP contribution in [0.3, 0.4) is 0 Å². The van der Waals surface area contributed by atoms with Crippen molar-refractivity contribution in [1.82, 2.24) is 9.97 Å². The zero-order valence-corrected chi connectivity index (χ0v) is 14.4. The molecule has 0 aliphatic carbocycles. The lowest BCUT2D eigenvalue weighted by molar-refractivity contribution is 0.244. The Hall–Kier alpha value is -2.30. The molecule has 5 heteroatoms. The molecule has 0 spiro atoms. The molecule has 5 nitrogen and oxygen atoms in total. The monoisotopic (exact) mass is 314 g/mol. The molecule has 0 bridgehead atoms. The van der Waals surface area contributed by atoms with E-state index in [4.69, 9.17) is 4.74 Å². The normalized spacial score (nSPS) is 10.7. The predicted octanol–water partition coefficient (Wildman–Crippen LogP) is 4.24. The minimum atomic E-state index is 0.124. The Kier molecular flexibility index (Phi) is 6.20. The Morgan fingerprint density at radius 1 is 1.22 bits per heavy atom. The maximum absolute atomic E-state index is 5.83. The van der Waals surface area contributed by atoms with Gasteiger partial charge in [-0.25, -0.2) is 9.97 Å². The van der Waals surface area contributed by atoms with Gasteiger partial charge in [-0.1, -0.05) is 25.5 Å². The fourth-order valence-corrected chi connectivity index (χ4v) is 2.20. The number of ether oxygens (including phenoxy) is 1. The van der Waals surface area contributed by atoms with Gasteiger partial charge in [0.05, 0.1) is 11.8 Å². The quantitative estimate of drug-likeness (QED) is 0.789. The number of anilines is 3. The summed E-state index contributed by atoms with van der Waals surface area (Å²) < 4.78 is 5.83. The number of hydrogen-bond donors (Lipinski definition) is 1. The number of nitrogens with one attached hydrogen (secondary N) is 1. The van der Waals surface area contributed by atoms with E-state index in [1.165, 1.54) is 6.42 Å². The largest absolute Gasteiger partial charge is 0.489 e. The first-order chi connectivity index (χ1) is 11.1. The molecule has 0 aliphatic rings. The summed E-state index contributed by atoms with van der Waals surface area (Å²) in [7, 11) is 2.05. The number of benzene rings is 1. The molecular weight excluding hydrogens is 288 g/mol. The second-order valence-electron chi connectivity index (χ2n) is 5.82. The molecule has 23 heavy (non-hydrogen) atoms. The third-order valence-electron chi connectivity index (χ3n) is 3.40. The molecule has 1 heterocycles. The standard InChI is InChI=1S/C18H26N4O/c1-5-6-11-22(4)18-12-17(19-13-20-18)21-15-9-7-8-10-16(15)23-14(2)3/h7-10,12-14H,5-6,11H2,1-4H3,(H,19,20,21). The van der Waals surface area contributed by atoms with Crippen LogP contribution in [0.2, 0.25) is 0 Å². The Labute approximate surface area is 138 Å². The lowest BCUT2D eigenvalue weighted by atomic mass is 10.3. The molecule has 1 N–H and O–H groups in total. The van der Waals surface area contributed by atoms with Crippen LogP contribution >= 0.6 is 0 Å². The van der Waals surface area contributed by atoms with Gasteiger partial charge in [0, 0.05) is 19.7 Å². The van der Waals surface area contributed by atoms with E-state index in [9.17, 15) is 0 Å². The van der Waals surface area contributed by atoms with Crippen molar-refractivity contribution in [2.24, 2.45) is 0 Å². The summed E-state index contributed by atoms with van der Waals surface area (Å²) in [5.74, 6) is 2.50. The second-order valence-corrected chi connectivity index (χ2v) is 5.82. The number of hydrogen-bond acceptors (Lipinski definition) is 5. The van der Waals surface area contributed by atoms with E-state index < -0.39 is 0 Å². The summed E-state index contributed by atoms with van der Waals surface area (Å²) in [6.45, 7) is 7.21. The molecule has 0 radical (unpaired) electrons. The summed E-state index contributed by atoms with van der Waals surface area (Å²) in [6, 6.07) is 9.84. The van der Waals surface area contributed by atoms with Gasteiger partial charge in [-0.2, -0.15) is 0 Å². The fraction of sp³-hybridized carbons (Fsp3) is 0.444. The van der Waals surface area contributed by atoms with E-state index in [0.717, 1.165) is 36.0 Å². The van der Waals surface area contributed by atoms with Gasteiger partial charge in [0.2, 0.25) is 0 Å². The topological polar surface area (TPSA) is 50.3 Å². The van der Waals surface area contributed by atoms with Crippen LogP contribution in [-0.4, -0.2) is 29.7 Å². The van der Waals surface area contributed by atoms with Crippen LogP contribution in [0.1, 0.15) is 33.6 Å². The SMILES string of the molecule is CCCCN(C)c1cc(Nc2ccccc2OC(C)C)ncn1. The first-order valence-corrected chi connectivity index (χ1v) is 8.16. The molecule has 124 valence electrons. The molecule has 0 aliphatic heterocycles. The molecule has 0 atom stereocenters. The van der Waals surface area contributed by atoms with E-state index in [1.54, 1.807) is 6.33 Å². The van der Waals surface area contributed by atoms with Gasteiger partial charge < -0.3 is 15.0 Å². The zero-order chi connectivity index (χ0) is 16.7. The average molecular weight is 314 g/mol. The highest BCUT2D eigenvalue weighted by molar-refractivity contribution is 5.65. The summed E-state index contributed by atoms with van der Waals surface area (Å²) in [6.07, 6.45) is 4.03. The van der Waals surface area contributed by atoms with Gasteiger partial charge in [0.1, 0.15) is 23.7 Å². The van der Waals surface area contributed by atoms with Crippen molar-refractivity contribution in [2.75, 3.05) is 23.8 Å². The van der Waals surface area contributed by atoms with E-state index >= 15 is 0 Å². The highest BCUT2D eigenvalue weighted by Crippen LogP contribution is 2.28. The van der Waals surface area contributed by atoms with Crippen molar-refractivity contribution >= 4 is 17.3 Å². The van der Waals surface area contributed by atoms with Crippen molar-refractivity contribution < 1.29 is 4.74 Å². The number of rotatable bonds is 8. The maximum Gasteiger partial charge on any atom is 0.143 e. The van der Waals surface area contributed by atoms with Crippen molar-refractivity contribution in [3.05, 3.63) is 36.7 Å².